The topological polar surface area (TPSA) is 97.8 Å². The summed E-state index contributed by atoms with van der Waals surface area (Å²) < 4.78 is 5.86. The Kier molecular flexibility index (Phi) is 7.34. The Bertz CT molecular complexity index is 1170. The number of H-pyrrole nitrogens is 1. The molecule has 1 aromatic heterocycles. The third kappa shape index (κ3) is 4.93. The number of carbonyl (C=O) groups is 2. The van der Waals surface area contributed by atoms with Gasteiger partial charge in [0.15, 0.2) is 5.78 Å². The van der Waals surface area contributed by atoms with E-state index in [1.54, 1.807) is 0 Å². The van der Waals surface area contributed by atoms with Gasteiger partial charge in [-0.05, 0) is 60.2 Å². The van der Waals surface area contributed by atoms with E-state index in [2.05, 4.69) is 52.7 Å². The molecule has 180 valence electrons. The summed E-state index contributed by atoms with van der Waals surface area (Å²) in [6.07, 6.45) is 1.78. The second-order valence-electron chi connectivity index (χ2n) is 9.83. The molecule has 0 unspecified atom stereocenters. The minimum atomic E-state index is -0.428. The molecule has 0 spiro atoms. The summed E-state index contributed by atoms with van der Waals surface area (Å²) in [7, 11) is 0. The zero-order valence-electron chi connectivity index (χ0n) is 21.2. The Morgan fingerprint density at radius 2 is 1.56 bits per heavy atom. The van der Waals surface area contributed by atoms with Crippen LogP contribution in [0.5, 0.6) is 5.75 Å². The number of aromatic amines is 1. The molecular weight excluding hydrogens is 428 g/mol. The van der Waals surface area contributed by atoms with E-state index in [0.717, 1.165) is 35.3 Å². The molecule has 2 aromatic carbocycles. The van der Waals surface area contributed by atoms with Gasteiger partial charge < -0.3 is 4.74 Å². The highest BCUT2D eigenvalue weighted by atomic mass is 16.5. The van der Waals surface area contributed by atoms with Crippen molar-refractivity contribution < 1.29 is 14.3 Å². The van der Waals surface area contributed by atoms with Crippen molar-refractivity contribution in [2.24, 2.45) is 5.41 Å². The number of rotatable bonds is 9. The van der Waals surface area contributed by atoms with Crippen LogP contribution in [0, 0.1) is 19.3 Å². The molecule has 7 heteroatoms. The predicted molar refractivity (Wildman–Crippen MR) is 131 cm³/mol. The Labute approximate surface area is 201 Å². The molecule has 0 aliphatic heterocycles. The van der Waals surface area contributed by atoms with E-state index in [9.17, 15) is 9.59 Å². The van der Waals surface area contributed by atoms with Gasteiger partial charge in [-0.1, -0.05) is 65.0 Å². The van der Waals surface area contributed by atoms with Crippen LogP contribution in [0.4, 0.5) is 0 Å². The third-order valence-corrected chi connectivity index (χ3v) is 6.70. The van der Waals surface area contributed by atoms with Crippen LogP contribution < -0.4 is 4.74 Å². The van der Waals surface area contributed by atoms with Gasteiger partial charge in [-0.15, -0.1) is 10.2 Å². The summed E-state index contributed by atoms with van der Waals surface area (Å²) >= 11 is 0. The second kappa shape index (κ2) is 9.87. The lowest BCUT2D eigenvalue weighted by Crippen LogP contribution is -2.27. The predicted octanol–water partition coefficient (Wildman–Crippen LogP) is 5.15. The number of hydrogen-bond acceptors (Lipinski definition) is 6. The molecule has 0 saturated heterocycles. The summed E-state index contributed by atoms with van der Waals surface area (Å²) in [5.41, 5.74) is 4.11. The van der Waals surface area contributed by atoms with E-state index in [0.29, 0.717) is 5.56 Å². The number of aromatic nitrogens is 4. The Hall–Kier alpha value is -3.35. The van der Waals surface area contributed by atoms with Gasteiger partial charge in [0.2, 0.25) is 11.6 Å². The van der Waals surface area contributed by atoms with E-state index in [1.165, 1.54) is 5.56 Å². The number of hydrogen-bond donors (Lipinski definition) is 1. The maximum absolute atomic E-state index is 12.7. The average molecular weight is 463 g/mol. The highest BCUT2D eigenvalue weighted by Crippen LogP contribution is 2.41. The molecule has 1 N–H and O–H groups in total. The van der Waals surface area contributed by atoms with Gasteiger partial charge in [-0.3, -0.25) is 9.59 Å². The zero-order chi connectivity index (χ0) is 25.1. The summed E-state index contributed by atoms with van der Waals surface area (Å²) in [4.78, 5) is 25.0. The van der Waals surface area contributed by atoms with Crippen molar-refractivity contribution in [2.45, 2.75) is 66.7 Å². The maximum Gasteiger partial charge on any atom is 0.245 e. The number of ketones is 2. The van der Waals surface area contributed by atoms with Gasteiger partial charge in [0.1, 0.15) is 12.4 Å². The monoisotopic (exact) mass is 462 g/mol. The molecule has 0 saturated carbocycles. The van der Waals surface area contributed by atoms with Crippen LogP contribution in [0.2, 0.25) is 0 Å². The summed E-state index contributed by atoms with van der Waals surface area (Å²) in [6, 6.07) is 12.2. The van der Waals surface area contributed by atoms with Gasteiger partial charge in [0, 0.05) is 16.4 Å². The van der Waals surface area contributed by atoms with Crippen molar-refractivity contribution in [3.63, 3.8) is 0 Å². The van der Waals surface area contributed by atoms with Crippen molar-refractivity contribution >= 4 is 11.6 Å². The number of Topliss-reactive ketones (excluding diaryl/α,β-unsaturated/α-hetero) is 1. The maximum atomic E-state index is 12.7. The molecule has 34 heavy (non-hydrogen) atoms. The van der Waals surface area contributed by atoms with Gasteiger partial charge in [0.05, 0.1) is 0 Å². The lowest BCUT2D eigenvalue weighted by atomic mass is 9.69. The number of aryl methyl sites for hydroxylation is 2. The van der Waals surface area contributed by atoms with Gasteiger partial charge in [-0.25, -0.2) is 0 Å². The summed E-state index contributed by atoms with van der Waals surface area (Å²) in [5, 5.41) is 13.4. The first-order valence-corrected chi connectivity index (χ1v) is 11.7. The molecule has 3 aromatic rings. The molecule has 0 amide bonds. The highest BCUT2D eigenvalue weighted by molar-refractivity contribution is 6.07. The first-order chi connectivity index (χ1) is 16.0. The number of tetrazole rings is 1. The number of nitrogens with zero attached hydrogens (tertiary/aromatic N) is 3. The fourth-order valence-corrected chi connectivity index (χ4v) is 4.30. The Morgan fingerprint density at radius 3 is 2.06 bits per heavy atom. The van der Waals surface area contributed by atoms with Gasteiger partial charge in [-0.2, -0.15) is 5.21 Å². The van der Waals surface area contributed by atoms with Crippen LogP contribution in [-0.2, 0) is 10.2 Å². The Morgan fingerprint density at radius 1 is 0.941 bits per heavy atom. The minimum absolute atomic E-state index is 0.0595. The Balaban J connectivity index is 1.93. The van der Waals surface area contributed by atoms with Crippen LogP contribution in [0.1, 0.15) is 85.9 Å². The molecule has 7 nitrogen and oxygen atoms in total. The first kappa shape index (κ1) is 25.3. The third-order valence-electron chi connectivity index (χ3n) is 6.70. The number of benzene rings is 2. The summed E-state index contributed by atoms with van der Waals surface area (Å²) in [6.45, 7) is 14.1. The van der Waals surface area contributed by atoms with E-state index in [4.69, 9.17) is 4.74 Å². The second-order valence-corrected chi connectivity index (χ2v) is 9.83. The zero-order valence-corrected chi connectivity index (χ0v) is 21.2. The van der Waals surface area contributed by atoms with Gasteiger partial charge >= 0.3 is 0 Å². The average Bonchev–Trinajstić information content (AvgIpc) is 3.33. The normalized spacial score (nSPS) is 12.0. The van der Waals surface area contributed by atoms with Crippen molar-refractivity contribution in [3.05, 3.63) is 70.0 Å². The molecule has 0 bridgehead atoms. The van der Waals surface area contributed by atoms with E-state index in [-0.39, 0.29) is 29.4 Å². The fourth-order valence-electron chi connectivity index (χ4n) is 4.30. The quantitative estimate of drug-likeness (QED) is 0.442. The fraction of sp³-hybridized carbons (Fsp3) is 0.444. The van der Waals surface area contributed by atoms with Crippen LogP contribution in [-0.4, -0.2) is 38.8 Å². The number of nitrogens with one attached hydrogen (secondary N) is 1. The molecule has 0 radical (unpaired) electrons. The molecule has 0 aliphatic carbocycles. The molecule has 3 rings (SSSR count). The van der Waals surface area contributed by atoms with Crippen LogP contribution in [0.15, 0.2) is 36.4 Å². The highest BCUT2D eigenvalue weighted by Gasteiger charge is 2.32. The van der Waals surface area contributed by atoms with E-state index in [1.807, 2.05) is 52.8 Å². The first-order valence-electron chi connectivity index (χ1n) is 11.7. The van der Waals surface area contributed by atoms with E-state index >= 15 is 0 Å². The SMILES string of the molecule is CCC(CC)(c1ccc(OCC(=O)C(C)(C)C)c(C)c1)c1ccc(C(=O)c2nn[nH]n2)c(C)c1. The molecule has 0 atom stereocenters. The van der Waals surface area contributed by atoms with Gasteiger partial charge in [0.25, 0.3) is 0 Å². The van der Waals surface area contributed by atoms with Crippen LogP contribution in [0.3, 0.4) is 0 Å². The number of ether oxygens (including phenoxy) is 1. The molecule has 1 heterocycles. The number of carbonyl (C=O) groups excluding carboxylic acids is 2. The summed E-state index contributed by atoms with van der Waals surface area (Å²) in [5.74, 6) is 0.598. The van der Waals surface area contributed by atoms with Crippen molar-refractivity contribution in [1.82, 2.24) is 20.6 Å². The molecule has 0 aliphatic rings. The van der Waals surface area contributed by atoms with Crippen molar-refractivity contribution in [1.29, 1.82) is 0 Å². The minimum Gasteiger partial charge on any atom is -0.486 e. The molecule has 0 fully saturated rings. The van der Waals surface area contributed by atoms with E-state index < -0.39 is 5.41 Å². The standard InChI is InChI=1S/C27H34N4O3/c1-8-27(9-2,19-10-12-21(17(3)14-19)24(33)25-28-30-31-29-25)20-11-13-22(18(4)15-20)34-16-23(32)26(5,6)7/h10-15H,8-9,16H2,1-7H3,(H,28,29,30,31). The van der Waals surface area contributed by atoms with Crippen molar-refractivity contribution in [2.75, 3.05) is 6.61 Å². The molecular formula is C27H34N4O3. The van der Waals surface area contributed by atoms with Crippen LogP contribution >= 0.6 is 0 Å². The smallest absolute Gasteiger partial charge is 0.245 e. The lowest BCUT2D eigenvalue weighted by Gasteiger charge is -2.34. The van der Waals surface area contributed by atoms with Crippen LogP contribution in [0.25, 0.3) is 0 Å². The lowest BCUT2D eigenvalue weighted by molar-refractivity contribution is -0.128. The van der Waals surface area contributed by atoms with Crippen molar-refractivity contribution in [3.8, 4) is 5.75 Å². The largest absolute Gasteiger partial charge is 0.486 e.